The molecule has 0 aromatic heterocycles. The summed E-state index contributed by atoms with van der Waals surface area (Å²) in [6.07, 6.45) is 0. The maximum Gasteiger partial charge on any atom is 0.0526 e. The highest BCUT2D eigenvalue weighted by Crippen LogP contribution is 2.07. The predicted molar refractivity (Wildman–Crippen MR) is 107 cm³/mol. The van der Waals surface area contributed by atoms with Crippen molar-refractivity contribution < 1.29 is 0 Å². The molecular weight excluding hydrogens is 324 g/mol. The second-order valence-corrected chi connectivity index (χ2v) is 6.09. The van der Waals surface area contributed by atoms with E-state index in [2.05, 4.69) is 0 Å². The number of hydrogen-bond donors (Lipinski definition) is 12. The van der Waals surface area contributed by atoms with E-state index in [-0.39, 0.29) is 17.5 Å². The summed E-state index contributed by atoms with van der Waals surface area (Å²) in [6, 6.07) is -0.306. The smallest absolute Gasteiger partial charge is 0.0526 e. The third kappa shape index (κ3) is 13.4. The topological polar surface area (TPSA) is 312 Å². The molecular formula is C13H44N12. The van der Waals surface area contributed by atoms with Crippen LogP contribution in [0.2, 0.25) is 0 Å². The summed E-state index contributed by atoms with van der Waals surface area (Å²) < 4.78 is 0. The first kappa shape index (κ1) is 29.3. The summed E-state index contributed by atoms with van der Waals surface area (Å²) >= 11 is 0. The van der Waals surface area contributed by atoms with Crippen molar-refractivity contribution in [1.29, 1.82) is 0 Å². The van der Waals surface area contributed by atoms with Gasteiger partial charge in [-0.25, -0.2) is 0 Å². The van der Waals surface area contributed by atoms with Crippen molar-refractivity contribution in [2.75, 3.05) is 58.9 Å². The lowest BCUT2D eigenvalue weighted by Gasteiger charge is -2.26. The van der Waals surface area contributed by atoms with Gasteiger partial charge in [-0.1, -0.05) is 0 Å². The van der Waals surface area contributed by atoms with Gasteiger partial charge in [-0.15, -0.1) is 0 Å². The summed E-state index contributed by atoms with van der Waals surface area (Å²) in [5.41, 5.74) is 63.3. The van der Waals surface area contributed by atoms with E-state index in [1.54, 1.807) is 0 Å². The zero-order chi connectivity index (χ0) is 20.5. The molecule has 0 radical (unpaired) electrons. The lowest BCUT2D eigenvalue weighted by molar-refractivity contribution is 0.333. The maximum absolute atomic E-state index is 5.52. The SMILES string of the molecule is NCC(CN)(CN)CN.NCC(N)(CN)CN.NCC(N)C(N)CN. The second-order valence-electron chi connectivity index (χ2n) is 6.09. The van der Waals surface area contributed by atoms with E-state index < -0.39 is 5.54 Å². The Morgan fingerprint density at radius 1 is 0.480 bits per heavy atom. The van der Waals surface area contributed by atoms with Crippen LogP contribution in [0.3, 0.4) is 0 Å². The Bertz CT molecular complexity index is 236. The molecule has 0 amide bonds. The van der Waals surface area contributed by atoms with Gasteiger partial charge in [0.05, 0.1) is 5.54 Å². The molecule has 0 rings (SSSR count). The fourth-order valence-corrected chi connectivity index (χ4v) is 1.10. The van der Waals surface area contributed by atoms with Crippen molar-refractivity contribution in [2.24, 2.45) is 74.2 Å². The van der Waals surface area contributed by atoms with Crippen molar-refractivity contribution in [1.82, 2.24) is 0 Å². The van der Waals surface area contributed by atoms with E-state index in [1.165, 1.54) is 0 Å². The molecule has 0 fully saturated rings. The molecule has 12 heteroatoms. The van der Waals surface area contributed by atoms with Gasteiger partial charge in [0.25, 0.3) is 0 Å². The molecule has 2 unspecified atom stereocenters. The highest BCUT2D eigenvalue weighted by molar-refractivity contribution is 4.86. The minimum atomic E-state index is -0.542. The van der Waals surface area contributed by atoms with Crippen LogP contribution in [0.25, 0.3) is 0 Å². The van der Waals surface area contributed by atoms with Gasteiger partial charge in [-0.3, -0.25) is 0 Å². The molecule has 0 spiro atoms. The van der Waals surface area contributed by atoms with Gasteiger partial charge >= 0.3 is 0 Å². The van der Waals surface area contributed by atoms with Crippen LogP contribution in [0.1, 0.15) is 0 Å². The summed E-state index contributed by atoms with van der Waals surface area (Å²) in [5.74, 6) is 0. The standard InChI is InChI=1S/C5H16N4.2C4H14N4/c6-1-5(2-7,3-8)4-9;5-1-4(8,2-6)3-7;5-1-3(7)4(8)2-6/h1-4,6-9H2;1-3,5-8H2;3-4H,1-2,5-8H2. The molecule has 24 N–H and O–H groups in total. The molecule has 12 nitrogen and oxygen atoms in total. The average Bonchev–Trinajstić information content (AvgIpc) is 2.69. The molecule has 2 atom stereocenters. The molecule has 156 valence electrons. The van der Waals surface area contributed by atoms with Crippen molar-refractivity contribution in [2.45, 2.75) is 17.6 Å². The van der Waals surface area contributed by atoms with Crippen LogP contribution in [0.15, 0.2) is 0 Å². The normalized spacial score (nSPS) is 13.9. The first-order chi connectivity index (χ1) is 11.6. The predicted octanol–water partition coefficient (Wildman–Crippen LogP) is -7.07. The zero-order valence-corrected chi connectivity index (χ0v) is 15.4. The summed E-state index contributed by atoms with van der Waals surface area (Å²) in [5, 5.41) is 0. The number of nitrogens with two attached hydrogens (primary N) is 12. The Hall–Kier alpha value is -0.480. The molecule has 25 heavy (non-hydrogen) atoms. The first-order valence-electron chi connectivity index (χ1n) is 8.25. The largest absolute Gasteiger partial charge is 0.330 e. The fraction of sp³-hybridized carbons (Fsp3) is 1.00. The molecule has 0 aliphatic rings. The molecule has 0 saturated heterocycles. The van der Waals surface area contributed by atoms with E-state index in [9.17, 15) is 0 Å². The van der Waals surface area contributed by atoms with Crippen molar-refractivity contribution in [3.05, 3.63) is 0 Å². The van der Waals surface area contributed by atoms with Gasteiger partial charge in [-0.2, -0.15) is 0 Å². The maximum atomic E-state index is 5.52. The van der Waals surface area contributed by atoms with E-state index >= 15 is 0 Å². The van der Waals surface area contributed by atoms with Crippen molar-refractivity contribution in [3.8, 4) is 0 Å². The quantitative estimate of drug-likeness (QED) is 0.171. The Morgan fingerprint density at radius 2 is 0.720 bits per heavy atom. The minimum Gasteiger partial charge on any atom is -0.330 e. The molecule has 0 aromatic carbocycles. The summed E-state index contributed by atoms with van der Waals surface area (Å²) in [4.78, 5) is 0. The molecule has 0 heterocycles. The van der Waals surface area contributed by atoms with E-state index in [0.717, 1.165) is 0 Å². The van der Waals surface area contributed by atoms with Crippen LogP contribution in [0.4, 0.5) is 0 Å². The van der Waals surface area contributed by atoms with Crippen molar-refractivity contribution in [3.63, 3.8) is 0 Å². The van der Waals surface area contributed by atoms with Gasteiger partial charge < -0.3 is 68.8 Å². The Labute approximate surface area is 151 Å². The van der Waals surface area contributed by atoms with Gasteiger partial charge in [0.1, 0.15) is 0 Å². The van der Waals surface area contributed by atoms with Crippen molar-refractivity contribution >= 4 is 0 Å². The van der Waals surface area contributed by atoms with Gasteiger partial charge in [0.15, 0.2) is 0 Å². The van der Waals surface area contributed by atoms with Gasteiger partial charge in [-0.05, 0) is 0 Å². The Kier molecular flexibility index (Phi) is 19.9. The number of rotatable bonds is 10. The molecule has 0 aliphatic carbocycles. The second kappa shape index (κ2) is 17.0. The first-order valence-corrected chi connectivity index (χ1v) is 8.25. The van der Waals surface area contributed by atoms with Gasteiger partial charge in [0.2, 0.25) is 0 Å². The zero-order valence-electron chi connectivity index (χ0n) is 15.4. The minimum absolute atomic E-state index is 0.153. The molecule has 0 aliphatic heterocycles. The Morgan fingerprint density at radius 3 is 0.760 bits per heavy atom. The fourth-order valence-electron chi connectivity index (χ4n) is 1.10. The van der Waals surface area contributed by atoms with Crippen LogP contribution < -0.4 is 68.8 Å². The highest BCUT2D eigenvalue weighted by Gasteiger charge is 2.22. The monoisotopic (exact) mass is 368 g/mol. The van der Waals surface area contributed by atoms with Crippen LogP contribution >= 0.6 is 0 Å². The Balaban J connectivity index is -0.000000291. The average molecular weight is 369 g/mol. The van der Waals surface area contributed by atoms with Crippen LogP contribution in [0.5, 0.6) is 0 Å². The van der Waals surface area contributed by atoms with E-state index in [1.807, 2.05) is 0 Å². The molecule has 0 bridgehead atoms. The summed E-state index contributed by atoms with van der Waals surface area (Å²) in [7, 11) is 0. The third-order valence-electron chi connectivity index (χ3n) is 4.05. The van der Waals surface area contributed by atoms with Crippen LogP contribution in [0, 0.1) is 5.41 Å². The number of hydrogen-bond acceptors (Lipinski definition) is 12. The summed E-state index contributed by atoms with van der Waals surface area (Å²) in [6.45, 7) is 3.72. The third-order valence-corrected chi connectivity index (χ3v) is 4.05. The van der Waals surface area contributed by atoms with E-state index in [4.69, 9.17) is 68.8 Å². The highest BCUT2D eigenvalue weighted by atomic mass is 14.9. The molecule has 0 saturated carbocycles. The van der Waals surface area contributed by atoms with Gasteiger partial charge in [0, 0.05) is 76.4 Å². The van der Waals surface area contributed by atoms with Crippen LogP contribution in [-0.2, 0) is 0 Å². The lowest BCUT2D eigenvalue weighted by Crippen LogP contribution is -2.58. The van der Waals surface area contributed by atoms with E-state index in [0.29, 0.717) is 58.9 Å². The lowest BCUT2D eigenvalue weighted by atomic mass is 9.89. The molecule has 0 aromatic rings. The van der Waals surface area contributed by atoms with Crippen LogP contribution in [-0.4, -0.2) is 76.5 Å².